The fourth-order valence-electron chi connectivity index (χ4n) is 3.98. The molecule has 2 aromatic carbocycles. The summed E-state index contributed by atoms with van der Waals surface area (Å²) in [6.07, 6.45) is 0.607. The highest BCUT2D eigenvalue weighted by Crippen LogP contribution is 2.30. The Morgan fingerprint density at radius 2 is 1.53 bits per heavy atom. The van der Waals surface area contributed by atoms with E-state index in [9.17, 15) is 26.0 Å². The van der Waals surface area contributed by atoms with Crippen molar-refractivity contribution < 1.29 is 26.0 Å². The summed E-state index contributed by atoms with van der Waals surface area (Å²) in [6, 6.07) is 9.29. The van der Waals surface area contributed by atoms with Crippen LogP contribution in [0.2, 0.25) is 0 Å². The van der Waals surface area contributed by atoms with Crippen molar-refractivity contribution in [2.45, 2.75) is 16.2 Å². The molecule has 0 atom stereocenters. The SMILES string of the molecule is NS(=O)(=O)c1ccc2c(c1)CCN2CC(=O)N1CCN(S(=O)(=O)c2ccc(F)cc2)CC1. The van der Waals surface area contributed by atoms with Crippen LogP contribution < -0.4 is 10.0 Å². The summed E-state index contributed by atoms with van der Waals surface area (Å²) in [6.45, 7) is 1.51. The van der Waals surface area contributed by atoms with E-state index in [1.54, 1.807) is 11.0 Å². The van der Waals surface area contributed by atoms with Crippen LogP contribution in [0.1, 0.15) is 5.56 Å². The first-order chi connectivity index (χ1) is 15.1. The number of piperazine rings is 1. The third-order valence-electron chi connectivity index (χ3n) is 5.74. The predicted molar refractivity (Wildman–Crippen MR) is 115 cm³/mol. The fourth-order valence-corrected chi connectivity index (χ4v) is 5.97. The molecule has 0 aliphatic carbocycles. The first-order valence-corrected chi connectivity index (χ1v) is 13.0. The first-order valence-electron chi connectivity index (χ1n) is 10.00. The van der Waals surface area contributed by atoms with Crippen molar-refractivity contribution in [1.29, 1.82) is 0 Å². The number of nitrogens with two attached hydrogens (primary N) is 1. The average Bonchev–Trinajstić information content (AvgIpc) is 3.15. The van der Waals surface area contributed by atoms with Crippen LogP contribution in [0.4, 0.5) is 10.1 Å². The number of carbonyl (C=O) groups is 1. The van der Waals surface area contributed by atoms with Gasteiger partial charge in [-0.15, -0.1) is 0 Å². The Kier molecular flexibility index (Phi) is 5.96. The van der Waals surface area contributed by atoms with Gasteiger partial charge in [-0.2, -0.15) is 4.31 Å². The molecule has 172 valence electrons. The van der Waals surface area contributed by atoms with Crippen LogP contribution >= 0.6 is 0 Å². The van der Waals surface area contributed by atoms with Gasteiger partial charge in [0.2, 0.25) is 26.0 Å². The van der Waals surface area contributed by atoms with Crippen LogP contribution in [0.3, 0.4) is 0 Å². The van der Waals surface area contributed by atoms with Crippen LogP contribution in [0.5, 0.6) is 0 Å². The van der Waals surface area contributed by atoms with Gasteiger partial charge in [0.1, 0.15) is 5.82 Å². The second-order valence-electron chi connectivity index (χ2n) is 7.75. The van der Waals surface area contributed by atoms with Gasteiger partial charge in [-0.1, -0.05) is 0 Å². The van der Waals surface area contributed by atoms with Gasteiger partial charge in [-0.05, 0) is 54.4 Å². The van der Waals surface area contributed by atoms with Crippen molar-refractivity contribution in [3.05, 3.63) is 53.8 Å². The number of amides is 1. The Morgan fingerprint density at radius 3 is 2.16 bits per heavy atom. The van der Waals surface area contributed by atoms with Crippen LogP contribution in [-0.2, 0) is 31.3 Å². The number of benzene rings is 2. The molecule has 0 unspecified atom stereocenters. The summed E-state index contributed by atoms with van der Waals surface area (Å²) < 4.78 is 62.9. The van der Waals surface area contributed by atoms with E-state index in [2.05, 4.69) is 0 Å². The van der Waals surface area contributed by atoms with Gasteiger partial charge in [0, 0.05) is 38.4 Å². The molecule has 0 radical (unpaired) electrons. The van der Waals surface area contributed by atoms with Crippen molar-refractivity contribution in [3.63, 3.8) is 0 Å². The highest BCUT2D eigenvalue weighted by atomic mass is 32.2. The van der Waals surface area contributed by atoms with Crippen LogP contribution in [0.25, 0.3) is 0 Å². The maximum absolute atomic E-state index is 13.1. The molecular formula is C20H23FN4O5S2. The van der Waals surface area contributed by atoms with Gasteiger partial charge < -0.3 is 9.80 Å². The third-order valence-corrected chi connectivity index (χ3v) is 8.56. The Balaban J connectivity index is 1.37. The third kappa shape index (κ3) is 4.49. The molecule has 2 aliphatic heterocycles. The lowest BCUT2D eigenvalue weighted by Crippen LogP contribution is -2.52. The Morgan fingerprint density at radius 1 is 0.906 bits per heavy atom. The quantitative estimate of drug-likeness (QED) is 0.657. The highest BCUT2D eigenvalue weighted by molar-refractivity contribution is 7.89. The van der Waals surface area contributed by atoms with E-state index in [1.165, 1.54) is 28.6 Å². The van der Waals surface area contributed by atoms with E-state index < -0.39 is 25.9 Å². The van der Waals surface area contributed by atoms with E-state index in [-0.39, 0.29) is 48.4 Å². The summed E-state index contributed by atoms with van der Waals surface area (Å²) in [4.78, 5) is 16.4. The molecule has 1 fully saturated rings. The van der Waals surface area contributed by atoms with Crippen molar-refractivity contribution in [2.24, 2.45) is 5.14 Å². The number of halogens is 1. The molecule has 0 saturated carbocycles. The van der Waals surface area contributed by atoms with E-state index in [1.807, 2.05) is 4.90 Å². The molecule has 0 spiro atoms. The van der Waals surface area contributed by atoms with E-state index >= 15 is 0 Å². The number of carbonyl (C=O) groups excluding carboxylic acids is 1. The number of hydrogen-bond acceptors (Lipinski definition) is 6. The van der Waals surface area contributed by atoms with Crippen LogP contribution in [-0.4, -0.2) is 71.2 Å². The van der Waals surface area contributed by atoms with Gasteiger partial charge in [0.05, 0.1) is 16.3 Å². The van der Waals surface area contributed by atoms with Crippen molar-refractivity contribution in [3.8, 4) is 0 Å². The maximum atomic E-state index is 13.1. The number of nitrogens with zero attached hydrogens (tertiary/aromatic N) is 3. The molecule has 9 nitrogen and oxygen atoms in total. The van der Waals surface area contributed by atoms with Gasteiger partial charge in [0.25, 0.3) is 0 Å². The van der Waals surface area contributed by atoms with E-state index in [0.29, 0.717) is 13.0 Å². The zero-order valence-electron chi connectivity index (χ0n) is 17.1. The minimum Gasteiger partial charge on any atom is -0.362 e. The molecule has 0 aromatic heterocycles. The van der Waals surface area contributed by atoms with Crippen molar-refractivity contribution in [2.75, 3.05) is 44.2 Å². The summed E-state index contributed by atoms with van der Waals surface area (Å²) in [7, 11) is -7.54. The smallest absolute Gasteiger partial charge is 0.243 e. The topological polar surface area (TPSA) is 121 Å². The lowest BCUT2D eigenvalue weighted by atomic mass is 10.2. The molecule has 2 aromatic rings. The molecule has 2 N–H and O–H groups in total. The molecule has 1 amide bonds. The number of anilines is 1. The number of rotatable bonds is 5. The van der Waals surface area contributed by atoms with Gasteiger partial charge >= 0.3 is 0 Å². The highest BCUT2D eigenvalue weighted by Gasteiger charge is 2.31. The summed E-state index contributed by atoms with van der Waals surface area (Å²) >= 11 is 0. The van der Waals surface area contributed by atoms with E-state index in [4.69, 9.17) is 5.14 Å². The number of sulfonamides is 2. The monoisotopic (exact) mass is 482 g/mol. The maximum Gasteiger partial charge on any atom is 0.243 e. The minimum atomic E-state index is -3.79. The Hall–Kier alpha value is -2.54. The minimum absolute atomic E-state index is 0.0196. The fraction of sp³-hybridized carbons (Fsp3) is 0.350. The summed E-state index contributed by atoms with van der Waals surface area (Å²) in [5, 5.41) is 5.18. The predicted octanol–water partition coefficient (Wildman–Crippen LogP) is 0.369. The second kappa shape index (κ2) is 8.43. The largest absolute Gasteiger partial charge is 0.362 e. The van der Waals surface area contributed by atoms with Crippen molar-refractivity contribution in [1.82, 2.24) is 9.21 Å². The van der Waals surface area contributed by atoms with Crippen LogP contribution in [0.15, 0.2) is 52.3 Å². The molecule has 0 bridgehead atoms. The van der Waals surface area contributed by atoms with Gasteiger partial charge in [0.15, 0.2) is 0 Å². The second-order valence-corrected chi connectivity index (χ2v) is 11.2. The molecule has 2 heterocycles. The number of fused-ring (bicyclic) bond motifs is 1. The number of hydrogen-bond donors (Lipinski definition) is 1. The van der Waals surface area contributed by atoms with Crippen molar-refractivity contribution >= 4 is 31.6 Å². The Bertz CT molecular complexity index is 1240. The zero-order chi connectivity index (χ0) is 23.1. The molecular weight excluding hydrogens is 459 g/mol. The van der Waals surface area contributed by atoms with Gasteiger partial charge in [-0.3, -0.25) is 4.79 Å². The summed E-state index contributed by atoms with van der Waals surface area (Å²) in [5.74, 6) is -0.643. The zero-order valence-corrected chi connectivity index (χ0v) is 18.8. The first kappa shape index (κ1) is 22.6. The van der Waals surface area contributed by atoms with Crippen LogP contribution in [0, 0.1) is 5.82 Å². The molecule has 12 heteroatoms. The lowest BCUT2D eigenvalue weighted by molar-refractivity contribution is -0.130. The normalized spacial score (nSPS) is 17.4. The molecule has 2 aliphatic rings. The lowest BCUT2D eigenvalue weighted by Gasteiger charge is -2.35. The molecule has 1 saturated heterocycles. The average molecular weight is 483 g/mol. The van der Waals surface area contributed by atoms with E-state index in [0.717, 1.165) is 23.4 Å². The van der Waals surface area contributed by atoms with Gasteiger partial charge in [-0.25, -0.2) is 26.4 Å². The Labute approximate surface area is 186 Å². The standard InChI is InChI=1S/C20H23FN4O5S2/c21-16-1-3-17(4-2-16)32(29,30)25-11-9-23(10-12-25)20(26)14-24-8-7-15-13-18(31(22,27)28)5-6-19(15)24/h1-6,13H,7-12,14H2,(H2,22,27,28). The number of primary sulfonamides is 1. The molecule has 4 rings (SSSR count). The molecule has 32 heavy (non-hydrogen) atoms. The summed E-state index contributed by atoms with van der Waals surface area (Å²) in [5.41, 5.74) is 1.61.